The van der Waals surface area contributed by atoms with Gasteiger partial charge in [0.05, 0.1) is 30.3 Å². The number of nitrogens with two attached hydrogens (primary N) is 1. The predicted octanol–water partition coefficient (Wildman–Crippen LogP) is 2.61. The number of nitrogens with zero attached hydrogens (tertiary/aromatic N) is 5. The van der Waals surface area contributed by atoms with Crippen LogP contribution in [0, 0.1) is 0 Å². The maximum Gasteiger partial charge on any atom is 0.271 e. The van der Waals surface area contributed by atoms with E-state index < -0.39 is 5.91 Å². The highest BCUT2D eigenvalue weighted by Crippen LogP contribution is 2.36. The molecule has 0 bridgehead atoms. The summed E-state index contributed by atoms with van der Waals surface area (Å²) in [5.74, 6) is 0.0742. The van der Waals surface area contributed by atoms with E-state index in [1.54, 1.807) is 30.3 Å². The normalized spacial score (nSPS) is 20.4. The summed E-state index contributed by atoms with van der Waals surface area (Å²) >= 11 is 0. The first kappa shape index (κ1) is 24.7. The van der Waals surface area contributed by atoms with E-state index in [0.717, 1.165) is 30.5 Å². The van der Waals surface area contributed by atoms with Crippen LogP contribution < -0.4 is 21.3 Å². The SMILES string of the molecule is C[C@@H]1[C@H](NC(=O)c2ccc3c(c2)COC3(C)C)CCCN1c1cnc(C(N)=O)c(Nc2cnn(C)c2)n1. The first-order valence-electron chi connectivity index (χ1n) is 12.4. The third kappa shape index (κ3) is 4.86. The number of rotatable bonds is 6. The van der Waals surface area contributed by atoms with Crippen molar-refractivity contribution in [2.75, 3.05) is 16.8 Å². The summed E-state index contributed by atoms with van der Waals surface area (Å²) in [5, 5.41) is 10.4. The maximum atomic E-state index is 13.2. The Hall–Kier alpha value is -3.99. The zero-order valence-corrected chi connectivity index (χ0v) is 21.5. The number of hydrogen-bond acceptors (Lipinski definition) is 8. The lowest BCUT2D eigenvalue weighted by Gasteiger charge is -2.40. The molecule has 4 heterocycles. The molecule has 4 N–H and O–H groups in total. The van der Waals surface area contributed by atoms with Gasteiger partial charge in [-0.25, -0.2) is 9.97 Å². The molecule has 3 aromatic rings. The molecule has 0 saturated carbocycles. The van der Waals surface area contributed by atoms with Gasteiger partial charge in [0.1, 0.15) is 5.82 Å². The molecular formula is C26H32N8O3. The molecule has 0 spiro atoms. The summed E-state index contributed by atoms with van der Waals surface area (Å²) in [7, 11) is 1.80. The van der Waals surface area contributed by atoms with Crippen molar-refractivity contribution >= 4 is 29.1 Å². The highest BCUT2D eigenvalue weighted by molar-refractivity contribution is 5.96. The van der Waals surface area contributed by atoms with Crippen molar-refractivity contribution in [1.29, 1.82) is 0 Å². The summed E-state index contributed by atoms with van der Waals surface area (Å²) in [6.07, 6.45) is 6.65. The van der Waals surface area contributed by atoms with Gasteiger partial charge in [0.25, 0.3) is 11.8 Å². The highest BCUT2D eigenvalue weighted by Gasteiger charge is 2.33. The van der Waals surface area contributed by atoms with Gasteiger partial charge in [0.2, 0.25) is 0 Å². The minimum absolute atomic E-state index is 0.0469. The van der Waals surface area contributed by atoms with Gasteiger partial charge in [0, 0.05) is 37.4 Å². The molecule has 0 unspecified atom stereocenters. The Bertz CT molecular complexity index is 1350. The Labute approximate surface area is 215 Å². The Morgan fingerprint density at radius 2 is 2.05 bits per heavy atom. The Kier molecular flexibility index (Phi) is 6.32. The molecule has 2 amide bonds. The molecule has 2 atom stereocenters. The Morgan fingerprint density at radius 3 is 2.78 bits per heavy atom. The third-order valence-corrected chi connectivity index (χ3v) is 7.16. The second kappa shape index (κ2) is 9.47. The molecule has 11 nitrogen and oxygen atoms in total. The summed E-state index contributed by atoms with van der Waals surface area (Å²) in [6.45, 7) is 7.38. The highest BCUT2D eigenvalue weighted by atomic mass is 16.5. The van der Waals surface area contributed by atoms with Crippen molar-refractivity contribution < 1.29 is 14.3 Å². The molecule has 5 rings (SSSR count). The zero-order valence-electron chi connectivity index (χ0n) is 21.5. The van der Waals surface area contributed by atoms with Crippen LogP contribution in [0.1, 0.15) is 65.6 Å². The Balaban J connectivity index is 1.34. The molecule has 1 aromatic carbocycles. The van der Waals surface area contributed by atoms with Crippen molar-refractivity contribution in [3.63, 3.8) is 0 Å². The number of fused-ring (bicyclic) bond motifs is 1. The standard InChI is InChI=1S/C26H32N8O3/c1-15-20(31-25(36)16-7-8-19-17(10-16)14-37-26(19,2)3)6-5-9-34(15)21-12-28-22(23(27)35)24(32-21)30-18-11-29-33(4)13-18/h7-8,10-13,15,20H,5-6,9,14H2,1-4H3,(H2,27,35)(H,30,32)(H,31,36)/t15-,20-/m1/s1. The van der Waals surface area contributed by atoms with Crippen LogP contribution in [-0.4, -0.2) is 50.2 Å². The summed E-state index contributed by atoms with van der Waals surface area (Å²) in [5.41, 5.74) is 8.71. The molecule has 37 heavy (non-hydrogen) atoms. The number of carbonyl (C=O) groups is 2. The second-order valence-corrected chi connectivity index (χ2v) is 10.1. The predicted molar refractivity (Wildman–Crippen MR) is 139 cm³/mol. The first-order valence-corrected chi connectivity index (χ1v) is 12.4. The second-order valence-electron chi connectivity index (χ2n) is 10.1. The fraction of sp³-hybridized carbons (Fsp3) is 0.423. The van der Waals surface area contributed by atoms with Gasteiger partial charge in [-0.3, -0.25) is 14.3 Å². The molecule has 0 radical (unpaired) electrons. The van der Waals surface area contributed by atoms with Crippen molar-refractivity contribution in [3.8, 4) is 0 Å². The molecule has 2 aliphatic heterocycles. The fourth-order valence-corrected chi connectivity index (χ4v) is 5.10. The van der Waals surface area contributed by atoms with Crippen LogP contribution in [0.3, 0.4) is 0 Å². The summed E-state index contributed by atoms with van der Waals surface area (Å²) in [4.78, 5) is 36.2. The fourth-order valence-electron chi connectivity index (χ4n) is 5.10. The van der Waals surface area contributed by atoms with E-state index in [0.29, 0.717) is 23.7 Å². The van der Waals surface area contributed by atoms with Crippen LogP contribution in [0.15, 0.2) is 36.8 Å². The van der Waals surface area contributed by atoms with E-state index in [1.807, 2.05) is 32.0 Å². The quantitative estimate of drug-likeness (QED) is 0.465. The van der Waals surface area contributed by atoms with Gasteiger partial charge < -0.3 is 26.0 Å². The Morgan fingerprint density at radius 1 is 1.24 bits per heavy atom. The number of aryl methyl sites for hydroxylation is 1. The van der Waals surface area contributed by atoms with Crippen LogP contribution in [0.5, 0.6) is 0 Å². The molecule has 11 heteroatoms. The smallest absolute Gasteiger partial charge is 0.271 e. The number of ether oxygens (including phenoxy) is 1. The largest absolute Gasteiger partial charge is 0.366 e. The molecular weight excluding hydrogens is 472 g/mol. The van der Waals surface area contributed by atoms with Gasteiger partial charge in [0.15, 0.2) is 11.5 Å². The topological polar surface area (TPSA) is 140 Å². The van der Waals surface area contributed by atoms with Gasteiger partial charge in [-0.05, 0) is 56.9 Å². The van der Waals surface area contributed by atoms with E-state index in [-0.39, 0.29) is 35.1 Å². The summed E-state index contributed by atoms with van der Waals surface area (Å²) in [6, 6.07) is 5.64. The molecule has 0 aliphatic carbocycles. The maximum absolute atomic E-state index is 13.2. The van der Waals surface area contributed by atoms with Crippen molar-refractivity contribution in [1.82, 2.24) is 25.1 Å². The monoisotopic (exact) mass is 504 g/mol. The lowest BCUT2D eigenvalue weighted by molar-refractivity contribution is -0.00789. The molecule has 1 fully saturated rings. The average molecular weight is 505 g/mol. The van der Waals surface area contributed by atoms with Gasteiger partial charge in [-0.2, -0.15) is 5.10 Å². The van der Waals surface area contributed by atoms with Gasteiger partial charge >= 0.3 is 0 Å². The summed E-state index contributed by atoms with van der Waals surface area (Å²) < 4.78 is 7.49. The number of nitrogens with one attached hydrogen (secondary N) is 2. The van der Waals surface area contributed by atoms with Crippen LogP contribution in [0.2, 0.25) is 0 Å². The van der Waals surface area contributed by atoms with Crippen LogP contribution in [0.4, 0.5) is 17.3 Å². The molecule has 1 saturated heterocycles. The van der Waals surface area contributed by atoms with E-state index >= 15 is 0 Å². The van der Waals surface area contributed by atoms with Crippen molar-refractivity contribution in [2.45, 2.75) is 57.9 Å². The number of primary amides is 1. The number of piperidine rings is 1. The van der Waals surface area contributed by atoms with E-state index in [4.69, 9.17) is 10.5 Å². The molecule has 194 valence electrons. The zero-order chi connectivity index (χ0) is 26.3. The lowest BCUT2D eigenvalue weighted by Crippen LogP contribution is -2.54. The minimum atomic E-state index is -0.676. The van der Waals surface area contributed by atoms with Gasteiger partial charge in [-0.15, -0.1) is 0 Å². The van der Waals surface area contributed by atoms with Crippen LogP contribution in [0.25, 0.3) is 0 Å². The first-order chi connectivity index (χ1) is 17.6. The number of amides is 2. The van der Waals surface area contributed by atoms with E-state index in [9.17, 15) is 9.59 Å². The lowest BCUT2D eigenvalue weighted by atomic mass is 9.94. The van der Waals surface area contributed by atoms with Crippen LogP contribution >= 0.6 is 0 Å². The molecule has 2 aromatic heterocycles. The molecule has 2 aliphatic rings. The third-order valence-electron chi connectivity index (χ3n) is 7.16. The van der Waals surface area contributed by atoms with Crippen molar-refractivity contribution in [2.24, 2.45) is 12.8 Å². The van der Waals surface area contributed by atoms with Crippen LogP contribution in [-0.2, 0) is 24.0 Å². The number of aromatic nitrogens is 4. The van der Waals surface area contributed by atoms with Crippen molar-refractivity contribution in [3.05, 3.63) is 59.2 Å². The number of anilines is 3. The van der Waals surface area contributed by atoms with E-state index in [2.05, 4.69) is 37.5 Å². The number of hydrogen-bond donors (Lipinski definition) is 3. The average Bonchev–Trinajstić information content (AvgIpc) is 3.41. The number of carbonyl (C=O) groups excluding carboxylic acids is 2. The minimum Gasteiger partial charge on any atom is -0.366 e. The number of benzene rings is 1. The van der Waals surface area contributed by atoms with E-state index in [1.165, 1.54) is 0 Å². The van der Waals surface area contributed by atoms with Gasteiger partial charge in [-0.1, -0.05) is 6.07 Å².